The summed E-state index contributed by atoms with van der Waals surface area (Å²) in [7, 11) is 0. The van der Waals surface area contributed by atoms with Gasteiger partial charge in [-0.15, -0.1) is 0 Å². The third-order valence-electron chi connectivity index (χ3n) is 5.80. The summed E-state index contributed by atoms with van der Waals surface area (Å²) < 4.78 is 5.59. The van der Waals surface area contributed by atoms with Crippen molar-refractivity contribution in [3.05, 3.63) is 77.4 Å². The van der Waals surface area contributed by atoms with Crippen LogP contribution in [0.2, 0.25) is 0 Å². The molecule has 0 radical (unpaired) electrons. The quantitative estimate of drug-likeness (QED) is 0.623. The number of ketones is 1. The van der Waals surface area contributed by atoms with Gasteiger partial charge in [0.15, 0.2) is 5.78 Å². The summed E-state index contributed by atoms with van der Waals surface area (Å²) in [5, 5.41) is 6.05. The third kappa shape index (κ3) is 2.70. The van der Waals surface area contributed by atoms with Gasteiger partial charge >= 0.3 is 0 Å². The van der Waals surface area contributed by atoms with Crippen molar-refractivity contribution in [3.63, 3.8) is 0 Å². The van der Waals surface area contributed by atoms with Crippen LogP contribution in [0.25, 0.3) is 16.3 Å². The highest BCUT2D eigenvalue weighted by atomic mass is 16.5. The first-order valence-electron chi connectivity index (χ1n) is 10.0. The Morgan fingerprint density at radius 3 is 2.64 bits per heavy atom. The van der Waals surface area contributed by atoms with E-state index in [9.17, 15) is 4.79 Å². The molecule has 0 spiro atoms. The Balaban J connectivity index is 1.68. The molecule has 1 aliphatic heterocycles. The van der Waals surface area contributed by atoms with Crippen LogP contribution < -0.4 is 10.1 Å². The molecule has 0 aromatic heterocycles. The molecule has 3 heteroatoms. The van der Waals surface area contributed by atoms with Crippen LogP contribution in [0.5, 0.6) is 5.75 Å². The Kier molecular flexibility index (Phi) is 4.16. The zero-order valence-electron chi connectivity index (χ0n) is 16.0. The van der Waals surface area contributed by atoms with Gasteiger partial charge in [0.1, 0.15) is 5.75 Å². The summed E-state index contributed by atoms with van der Waals surface area (Å²) in [5.74, 6) is 1.15. The molecule has 5 rings (SSSR count). The van der Waals surface area contributed by atoms with Crippen LogP contribution in [0, 0.1) is 0 Å². The van der Waals surface area contributed by atoms with Crippen molar-refractivity contribution in [1.82, 2.24) is 0 Å². The Bertz CT molecular complexity index is 1100. The van der Waals surface area contributed by atoms with E-state index in [1.165, 1.54) is 16.5 Å². The lowest BCUT2D eigenvalue weighted by Crippen LogP contribution is -2.25. The van der Waals surface area contributed by atoms with Crippen LogP contribution in [0.15, 0.2) is 66.2 Å². The molecule has 1 N–H and O–H groups in total. The molecular formula is C25H23NO2. The predicted molar refractivity (Wildman–Crippen MR) is 114 cm³/mol. The SMILES string of the molecule is CCOc1ccc([C@@H]2Nc3ccc4ccccc4c3C3=C2CCCC3=O)cc1. The summed E-state index contributed by atoms with van der Waals surface area (Å²) in [6, 6.07) is 20.9. The molecule has 3 aromatic carbocycles. The van der Waals surface area contributed by atoms with Gasteiger partial charge in [-0.25, -0.2) is 0 Å². The highest BCUT2D eigenvalue weighted by Crippen LogP contribution is 2.47. The molecule has 2 aliphatic rings. The van der Waals surface area contributed by atoms with Gasteiger partial charge in [0, 0.05) is 23.2 Å². The van der Waals surface area contributed by atoms with E-state index in [1.54, 1.807) is 0 Å². The normalized spacial score (nSPS) is 18.5. The second-order valence-electron chi connectivity index (χ2n) is 7.47. The molecule has 1 atom stereocenters. The zero-order chi connectivity index (χ0) is 19.1. The van der Waals surface area contributed by atoms with E-state index in [4.69, 9.17) is 4.74 Å². The van der Waals surface area contributed by atoms with E-state index in [0.29, 0.717) is 13.0 Å². The molecule has 0 saturated heterocycles. The molecule has 0 saturated carbocycles. The lowest BCUT2D eigenvalue weighted by atomic mass is 9.77. The summed E-state index contributed by atoms with van der Waals surface area (Å²) in [6.07, 6.45) is 2.51. The minimum Gasteiger partial charge on any atom is -0.494 e. The van der Waals surface area contributed by atoms with Crippen molar-refractivity contribution < 1.29 is 9.53 Å². The van der Waals surface area contributed by atoms with E-state index < -0.39 is 0 Å². The van der Waals surface area contributed by atoms with Crippen LogP contribution in [-0.4, -0.2) is 12.4 Å². The summed E-state index contributed by atoms with van der Waals surface area (Å²) in [6.45, 7) is 2.65. The highest BCUT2D eigenvalue weighted by molar-refractivity contribution is 6.27. The van der Waals surface area contributed by atoms with Crippen molar-refractivity contribution in [2.75, 3.05) is 11.9 Å². The standard InChI is InChI=1S/C25H23NO2/c1-2-28-18-13-10-17(11-14-18)25-20-8-5-9-22(27)24(20)23-19-7-4-3-6-16(19)12-15-21(23)26-25/h3-4,6-7,10-15,25-26H,2,5,8-9H2,1H3/t25-/m0/s1. The first-order chi connectivity index (χ1) is 13.8. The van der Waals surface area contributed by atoms with Gasteiger partial charge in [-0.3, -0.25) is 4.79 Å². The van der Waals surface area contributed by atoms with Crippen molar-refractivity contribution in [2.45, 2.75) is 32.2 Å². The molecule has 3 nitrogen and oxygen atoms in total. The summed E-state index contributed by atoms with van der Waals surface area (Å²) >= 11 is 0. The molecular weight excluding hydrogens is 346 g/mol. The number of allylic oxidation sites excluding steroid dienone is 1. The largest absolute Gasteiger partial charge is 0.494 e. The highest BCUT2D eigenvalue weighted by Gasteiger charge is 2.34. The molecule has 1 heterocycles. The van der Waals surface area contributed by atoms with E-state index in [-0.39, 0.29) is 11.8 Å². The smallest absolute Gasteiger partial charge is 0.163 e. The van der Waals surface area contributed by atoms with Crippen LogP contribution >= 0.6 is 0 Å². The van der Waals surface area contributed by atoms with Gasteiger partial charge in [-0.2, -0.15) is 0 Å². The van der Waals surface area contributed by atoms with E-state index >= 15 is 0 Å². The van der Waals surface area contributed by atoms with E-state index in [0.717, 1.165) is 40.8 Å². The number of carbonyl (C=O) groups is 1. The van der Waals surface area contributed by atoms with Crippen LogP contribution in [0.1, 0.15) is 43.4 Å². The molecule has 140 valence electrons. The maximum absolute atomic E-state index is 13.0. The molecule has 0 bridgehead atoms. The zero-order valence-corrected chi connectivity index (χ0v) is 16.0. The second kappa shape index (κ2) is 6.83. The Hall–Kier alpha value is -3.07. The Morgan fingerprint density at radius 1 is 1.00 bits per heavy atom. The molecule has 1 aliphatic carbocycles. The topological polar surface area (TPSA) is 38.3 Å². The number of ether oxygens (including phenoxy) is 1. The molecule has 0 amide bonds. The third-order valence-corrected chi connectivity index (χ3v) is 5.80. The number of Topliss-reactive ketones (excluding diaryl/α,β-unsaturated/α-hetero) is 1. The summed E-state index contributed by atoms with van der Waals surface area (Å²) in [4.78, 5) is 13.0. The molecule has 3 aromatic rings. The molecule has 28 heavy (non-hydrogen) atoms. The van der Waals surface area contributed by atoms with E-state index in [2.05, 4.69) is 47.8 Å². The molecule has 0 unspecified atom stereocenters. The second-order valence-corrected chi connectivity index (χ2v) is 7.47. The minimum atomic E-state index is 0.0311. The lowest BCUT2D eigenvalue weighted by Gasteiger charge is -2.35. The van der Waals surface area contributed by atoms with Crippen molar-refractivity contribution in [2.24, 2.45) is 0 Å². The van der Waals surface area contributed by atoms with Crippen molar-refractivity contribution >= 4 is 27.8 Å². The van der Waals surface area contributed by atoms with Crippen molar-refractivity contribution in [3.8, 4) is 5.75 Å². The number of carbonyl (C=O) groups excluding carboxylic acids is 1. The fraction of sp³-hybridized carbons (Fsp3) is 0.240. The number of hydrogen-bond acceptors (Lipinski definition) is 3. The summed E-state index contributed by atoms with van der Waals surface area (Å²) in [5.41, 5.74) is 5.47. The number of fused-ring (bicyclic) bond motifs is 4. The average Bonchev–Trinajstić information content (AvgIpc) is 2.74. The van der Waals surface area contributed by atoms with Gasteiger partial charge in [0.25, 0.3) is 0 Å². The van der Waals surface area contributed by atoms with Gasteiger partial charge in [0.2, 0.25) is 0 Å². The number of nitrogens with one attached hydrogen (secondary N) is 1. The van der Waals surface area contributed by atoms with E-state index in [1.807, 2.05) is 25.1 Å². The lowest BCUT2D eigenvalue weighted by molar-refractivity contribution is -0.114. The van der Waals surface area contributed by atoms with Crippen LogP contribution in [0.4, 0.5) is 5.69 Å². The Labute approximate surface area is 165 Å². The fourth-order valence-corrected chi connectivity index (χ4v) is 4.57. The van der Waals surface area contributed by atoms with Crippen molar-refractivity contribution in [1.29, 1.82) is 0 Å². The fourth-order valence-electron chi connectivity index (χ4n) is 4.57. The number of hydrogen-bond donors (Lipinski definition) is 1. The number of anilines is 1. The number of benzene rings is 3. The first-order valence-corrected chi connectivity index (χ1v) is 10.0. The number of rotatable bonds is 3. The van der Waals surface area contributed by atoms with Gasteiger partial charge in [-0.1, -0.05) is 42.5 Å². The van der Waals surface area contributed by atoms with Gasteiger partial charge < -0.3 is 10.1 Å². The minimum absolute atomic E-state index is 0.0311. The van der Waals surface area contributed by atoms with Crippen LogP contribution in [0.3, 0.4) is 0 Å². The maximum atomic E-state index is 13.0. The maximum Gasteiger partial charge on any atom is 0.163 e. The average molecular weight is 369 g/mol. The van der Waals surface area contributed by atoms with Gasteiger partial charge in [-0.05, 0) is 59.9 Å². The Morgan fingerprint density at radius 2 is 1.82 bits per heavy atom. The monoisotopic (exact) mass is 369 g/mol. The van der Waals surface area contributed by atoms with Gasteiger partial charge in [0.05, 0.1) is 12.6 Å². The first kappa shape index (κ1) is 17.1. The van der Waals surface area contributed by atoms with Crippen LogP contribution in [-0.2, 0) is 4.79 Å². The predicted octanol–water partition coefficient (Wildman–Crippen LogP) is 5.91. The molecule has 0 fully saturated rings.